The van der Waals surface area contributed by atoms with Crippen molar-refractivity contribution in [2.75, 3.05) is 61.5 Å². The second-order valence-corrected chi connectivity index (χ2v) is 18.2. The minimum atomic E-state index is -0.989. The van der Waals surface area contributed by atoms with Crippen molar-refractivity contribution in [1.29, 1.82) is 0 Å². The van der Waals surface area contributed by atoms with E-state index in [4.69, 9.17) is 26.1 Å². The Bertz CT molecular complexity index is 2630. The number of nitrogens with one attached hydrogen (secondary N) is 3. The quantitative estimate of drug-likeness (QED) is 0.172. The van der Waals surface area contributed by atoms with Crippen molar-refractivity contribution < 1.29 is 33.4 Å². The molecule has 6 heterocycles. The fraction of sp³-hybridized carbons (Fsp3) is 0.478. The second kappa shape index (κ2) is 18.0. The summed E-state index contributed by atoms with van der Waals surface area (Å²) in [6, 6.07) is 12.1. The van der Waals surface area contributed by atoms with Crippen LogP contribution in [0.25, 0.3) is 10.9 Å². The maximum atomic E-state index is 13.4. The number of pyridine rings is 1. The molecular formula is C46H53ClN10O8. The Balaban J connectivity index is 0.755. The number of ether oxygens (including phenoxy) is 2. The third-order valence-corrected chi connectivity index (χ3v) is 13.5. The lowest BCUT2D eigenvalue weighted by molar-refractivity contribution is -0.136. The van der Waals surface area contributed by atoms with Crippen LogP contribution in [0.5, 0.6) is 5.75 Å². The zero-order valence-corrected chi connectivity index (χ0v) is 37.6. The molecule has 0 bridgehead atoms. The monoisotopic (exact) mass is 908 g/mol. The first-order chi connectivity index (χ1) is 31.3. The number of piperazine rings is 1. The number of piperidine rings is 2. The topological polar surface area (TPSA) is 201 Å². The van der Waals surface area contributed by atoms with Gasteiger partial charge in [-0.15, -0.1) is 0 Å². The van der Waals surface area contributed by atoms with Crippen LogP contribution >= 0.6 is 11.6 Å². The van der Waals surface area contributed by atoms with Gasteiger partial charge in [0, 0.05) is 81.1 Å². The highest BCUT2D eigenvalue weighted by atomic mass is 35.5. The van der Waals surface area contributed by atoms with Crippen molar-refractivity contribution in [2.24, 2.45) is 0 Å². The molecule has 9 rings (SSSR count). The predicted octanol–water partition coefficient (Wildman–Crippen LogP) is 4.02. The van der Waals surface area contributed by atoms with E-state index in [1.165, 1.54) is 7.05 Å². The van der Waals surface area contributed by atoms with Crippen LogP contribution in [0.2, 0.25) is 5.02 Å². The van der Waals surface area contributed by atoms with Gasteiger partial charge in [-0.25, -0.2) is 4.98 Å². The van der Waals surface area contributed by atoms with Crippen molar-refractivity contribution in [3.8, 4) is 5.75 Å². The summed E-state index contributed by atoms with van der Waals surface area (Å²) in [4.78, 5) is 93.2. The highest BCUT2D eigenvalue weighted by molar-refractivity contribution is 6.33. The van der Waals surface area contributed by atoms with Crippen molar-refractivity contribution >= 4 is 75.2 Å². The summed E-state index contributed by atoms with van der Waals surface area (Å²) < 4.78 is 13.9. The van der Waals surface area contributed by atoms with E-state index in [1.807, 2.05) is 38.1 Å². The summed E-state index contributed by atoms with van der Waals surface area (Å²) in [5, 5.41) is 9.18. The smallest absolute Gasteiger partial charge is 0.293 e. The number of hydrogen-bond acceptors (Lipinski definition) is 14. The second-order valence-electron chi connectivity index (χ2n) is 17.8. The average molecular weight is 909 g/mol. The standard InChI is InChI=1S/C46H53ClN10O8/c1-25(2)56-36-8-5-28(17-27(36)18-38(45(56)63)64-24-40(59)48-4)50-41-35(47)22-49-46(52-41)53-13-11-31(12-14-53)65-32-19-30(20-32)54-15-16-55(26(3)23-54)29-6-7-33-34(21-29)44(62)57(43(33)61)37-9-10-39(58)51-42(37)60/h5-8,17-18,21-22,25-26,30-32,37H,9-16,19-20,23-24H2,1-4H3,(H,48,59)(H,49,50,52)(H,51,58,60)/t26-,30?,32?,37-/m0/s1. The lowest BCUT2D eigenvalue weighted by Gasteiger charge is -2.49. The maximum absolute atomic E-state index is 13.4. The molecule has 0 radical (unpaired) electrons. The Hall–Kier alpha value is -6.11. The normalized spacial score (nSPS) is 22.9. The number of aromatic nitrogens is 3. The number of carbonyl (C=O) groups is 5. The summed E-state index contributed by atoms with van der Waals surface area (Å²) in [5.74, 6) is -1.24. The van der Waals surface area contributed by atoms with Crippen molar-refractivity contribution in [2.45, 2.75) is 95.7 Å². The largest absolute Gasteiger partial charge is 0.478 e. The molecule has 2 aromatic heterocycles. The van der Waals surface area contributed by atoms with E-state index in [2.05, 4.69) is 42.6 Å². The van der Waals surface area contributed by atoms with E-state index in [9.17, 15) is 28.8 Å². The molecule has 65 heavy (non-hydrogen) atoms. The van der Waals surface area contributed by atoms with E-state index in [1.54, 1.807) is 29.0 Å². The molecule has 5 aliphatic rings. The minimum absolute atomic E-state index is 0.0812. The van der Waals surface area contributed by atoms with Crippen molar-refractivity contribution in [3.63, 3.8) is 0 Å². The van der Waals surface area contributed by atoms with Gasteiger partial charge < -0.3 is 34.5 Å². The lowest BCUT2D eigenvalue weighted by Crippen LogP contribution is -2.59. The van der Waals surface area contributed by atoms with E-state index >= 15 is 0 Å². The van der Waals surface area contributed by atoms with E-state index < -0.39 is 29.7 Å². The van der Waals surface area contributed by atoms with Crippen LogP contribution in [0.1, 0.15) is 86.1 Å². The molecule has 1 aliphatic carbocycles. The van der Waals surface area contributed by atoms with Gasteiger partial charge in [0.25, 0.3) is 23.3 Å². The number of imide groups is 2. The summed E-state index contributed by atoms with van der Waals surface area (Å²) in [6.07, 6.45) is 5.79. The Morgan fingerprint density at radius 3 is 2.43 bits per heavy atom. The van der Waals surface area contributed by atoms with E-state index in [0.29, 0.717) is 34.1 Å². The zero-order chi connectivity index (χ0) is 45.7. The van der Waals surface area contributed by atoms with Crippen LogP contribution in [0.15, 0.2) is 53.5 Å². The Morgan fingerprint density at radius 2 is 1.71 bits per heavy atom. The van der Waals surface area contributed by atoms with Crippen molar-refractivity contribution in [3.05, 3.63) is 75.2 Å². The number of carbonyl (C=O) groups excluding carboxylic acids is 5. The van der Waals surface area contributed by atoms with Gasteiger partial charge in [0.15, 0.2) is 18.2 Å². The fourth-order valence-electron chi connectivity index (χ4n) is 9.71. The highest BCUT2D eigenvalue weighted by Crippen LogP contribution is 2.36. The molecule has 1 saturated carbocycles. The van der Waals surface area contributed by atoms with Gasteiger partial charge >= 0.3 is 0 Å². The number of fused-ring (bicyclic) bond motifs is 2. The summed E-state index contributed by atoms with van der Waals surface area (Å²) in [5.41, 5.74) is 2.56. The van der Waals surface area contributed by atoms with Crippen LogP contribution in [0, 0.1) is 0 Å². The molecule has 5 amide bonds. The molecule has 2 aromatic carbocycles. The van der Waals surface area contributed by atoms with Gasteiger partial charge in [-0.3, -0.25) is 43.9 Å². The van der Waals surface area contributed by atoms with Crippen LogP contribution in [-0.2, 0) is 19.1 Å². The third-order valence-electron chi connectivity index (χ3n) is 13.3. The zero-order valence-electron chi connectivity index (χ0n) is 36.8. The van der Waals surface area contributed by atoms with E-state index in [-0.39, 0.29) is 66.5 Å². The summed E-state index contributed by atoms with van der Waals surface area (Å²) in [7, 11) is 1.51. The SMILES string of the molecule is CNC(=O)COc1cc2cc(Nc3nc(N4CCC(OC5CC(N6CCN(c7ccc8c(c7)C(=O)N([C@H]7CCC(=O)NC7=O)C8=O)[C@@H](C)C6)C5)CC4)ncc3Cl)ccc2n(C(C)C)c1=O. The number of likely N-dealkylation sites (N-methyl/N-ethyl adjacent to an activating group) is 1. The number of hydrogen-bond donors (Lipinski definition) is 3. The first-order valence-electron chi connectivity index (χ1n) is 22.3. The van der Waals surface area contributed by atoms with Crippen LogP contribution < -0.4 is 36.0 Å². The molecule has 3 saturated heterocycles. The first-order valence-corrected chi connectivity index (χ1v) is 22.7. The fourth-order valence-corrected chi connectivity index (χ4v) is 9.85. The molecule has 0 unspecified atom stereocenters. The average Bonchev–Trinajstić information content (AvgIpc) is 3.52. The molecule has 0 spiro atoms. The molecule has 4 aromatic rings. The highest BCUT2D eigenvalue weighted by Gasteiger charge is 2.45. The summed E-state index contributed by atoms with van der Waals surface area (Å²) in [6.45, 7) is 9.70. The van der Waals surface area contributed by atoms with Crippen LogP contribution in [0.4, 0.5) is 23.1 Å². The van der Waals surface area contributed by atoms with Gasteiger partial charge in [0.1, 0.15) is 11.1 Å². The van der Waals surface area contributed by atoms with Crippen LogP contribution in [-0.4, -0.2) is 131 Å². The first kappa shape index (κ1) is 44.1. The number of benzene rings is 2. The summed E-state index contributed by atoms with van der Waals surface area (Å²) >= 11 is 6.60. The van der Waals surface area contributed by atoms with Gasteiger partial charge in [-0.2, -0.15) is 4.98 Å². The Kier molecular flexibility index (Phi) is 12.2. The van der Waals surface area contributed by atoms with Crippen molar-refractivity contribution in [1.82, 2.24) is 35.0 Å². The number of nitrogens with zero attached hydrogens (tertiary/aromatic N) is 7. The number of amides is 5. The molecule has 3 N–H and O–H groups in total. The number of rotatable bonds is 12. The van der Waals surface area contributed by atoms with Gasteiger partial charge in [0.05, 0.1) is 35.0 Å². The molecule has 19 heteroatoms. The van der Waals surface area contributed by atoms with Gasteiger partial charge in [0.2, 0.25) is 17.8 Å². The van der Waals surface area contributed by atoms with Gasteiger partial charge in [-0.1, -0.05) is 11.6 Å². The maximum Gasteiger partial charge on any atom is 0.293 e. The third kappa shape index (κ3) is 8.73. The molecular weight excluding hydrogens is 856 g/mol. The molecule has 4 aliphatic heterocycles. The van der Waals surface area contributed by atoms with Crippen LogP contribution in [0.3, 0.4) is 0 Å². The van der Waals surface area contributed by atoms with Gasteiger partial charge in [-0.05, 0) is 95.3 Å². The lowest BCUT2D eigenvalue weighted by atomic mass is 9.86. The predicted molar refractivity (Wildman–Crippen MR) is 243 cm³/mol. The molecule has 18 nitrogen and oxygen atoms in total. The number of halogens is 1. The Labute approximate surface area is 380 Å². The molecule has 342 valence electrons. The minimum Gasteiger partial charge on any atom is -0.478 e. The van der Waals surface area contributed by atoms with E-state index in [0.717, 1.165) is 79.9 Å². The number of anilines is 4. The molecule has 4 fully saturated rings. The Morgan fingerprint density at radius 1 is 0.938 bits per heavy atom. The molecule has 2 atom stereocenters.